The van der Waals surface area contributed by atoms with Crippen molar-refractivity contribution in [1.29, 1.82) is 0 Å². The van der Waals surface area contributed by atoms with E-state index in [-0.39, 0.29) is 40.9 Å². The summed E-state index contributed by atoms with van der Waals surface area (Å²) in [5.74, 6) is -0.399. The van der Waals surface area contributed by atoms with Crippen molar-refractivity contribution in [2.75, 3.05) is 19.8 Å². The number of rotatable bonds is 14. The summed E-state index contributed by atoms with van der Waals surface area (Å²) in [4.78, 5) is 0. The summed E-state index contributed by atoms with van der Waals surface area (Å²) >= 11 is 0. The van der Waals surface area contributed by atoms with E-state index in [0.717, 1.165) is 5.56 Å². The van der Waals surface area contributed by atoms with E-state index >= 15 is 0 Å². The highest BCUT2D eigenvalue weighted by Crippen LogP contribution is 2.53. The first-order valence-electron chi connectivity index (χ1n) is 21.6. The summed E-state index contributed by atoms with van der Waals surface area (Å²) in [6.07, 6.45) is -23.1. The van der Waals surface area contributed by atoms with E-state index in [2.05, 4.69) is 0 Å². The van der Waals surface area contributed by atoms with Crippen LogP contribution in [0.15, 0.2) is 78.9 Å². The summed E-state index contributed by atoms with van der Waals surface area (Å²) in [5, 5.41) is 144. The van der Waals surface area contributed by atoms with Crippen molar-refractivity contribution < 1.29 is 105 Å². The lowest BCUT2D eigenvalue weighted by molar-refractivity contribution is -0.277. The van der Waals surface area contributed by atoms with Crippen LogP contribution in [-0.4, -0.2) is 183 Å². The molecule has 21 heteroatoms. The van der Waals surface area contributed by atoms with Crippen LogP contribution in [0, 0.1) is 0 Å². The number of ether oxygens (including phenoxy) is 7. The third-order valence-corrected chi connectivity index (χ3v) is 12.5. The third kappa shape index (κ3) is 9.99. The van der Waals surface area contributed by atoms with Crippen LogP contribution in [0.4, 0.5) is 0 Å². The van der Waals surface area contributed by atoms with Crippen molar-refractivity contribution in [2.24, 2.45) is 0 Å². The number of phenolic OH excluding ortho intramolecular Hbond substituents is 2. The summed E-state index contributed by atoms with van der Waals surface area (Å²) in [5.41, 5.74) is 3.02. The molecule has 0 amide bonds. The molecule has 4 heterocycles. The van der Waals surface area contributed by atoms with Gasteiger partial charge in [-0.15, -0.1) is 0 Å². The molecule has 0 unspecified atom stereocenters. The average Bonchev–Trinajstić information content (AvgIpc) is 3.71. The van der Waals surface area contributed by atoms with Crippen molar-refractivity contribution in [1.82, 2.24) is 0 Å². The van der Waals surface area contributed by atoms with Crippen molar-refractivity contribution in [3.05, 3.63) is 107 Å². The number of benzene rings is 4. The molecule has 4 aromatic rings. The van der Waals surface area contributed by atoms with Crippen LogP contribution in [0.25, 0.3) is 0 Å². The molecule has 0 saturated carbocycles. The van der Waals surface area contributed by atoms with E-state index in [9.17, 15) is 71.5 Å². The normalized spacial score (nSPS) is 35.1. The highest BCUT2D eigenvalue weighted by molar-refractivity contribution is 5.58. The second-order valence-corrected chi connectivity index (χ2v) is 17.0. The molecule has 4 aromatic carbocycles. The Balaban J connectivity index is 1.11. The molecule has 364 valence electrons. The number of aliphatic hydroxyl groups is 12. The Kier molecular flexibility index (Phi) is 14.7. The minimum atomic E-state index is -1.74. The smallest absolute Gasteiger partial charge is 0.229 e. The topological polar surface area (TPSA) is 348 Å². The molecule has 17 atom stereocenters. The molecular weight excluding hydrogens is 888 g/mol. The van der Waals surface area contributed by atoms with Gasteiger partial charge in [0.1, 0.15) is 114 Å². The maximum absolute atomic E-state index is 10.9. The Morgan fingerprint density at radius 2 is 0.866 bits per heavy atom. The lowest BCUT2D eigenvalue weighted by Crippen LogP contribution is -2.60. The van der Waals surface area contributed by atoms with Crippen molar-refractivity contribution in [2.45, 2.75) is 117 Å². The second-order valence-electron chi connectivity index (χ2n) is 17.0. The van der Waals surface area contributed by atoms with Gasteiger partial charge in [-0.2, -0.15) is 0 Å². The van der Waals surface area contributed by atoms with Gasteiger partial charge in [0.05, 0.1) is 25.7 Å². The van der Waals surface area contributed by atoms with Gasteiger partial charge >= 0.3 is 0 Å². The van der Waals surface area contributed by atoms with E-state index in [0.29, 0.717) is 28.7 Å². The Bertz CT molecular complexity index is 2260. The zero-order valence-electron chi connectivity index (χ0n) is 35.5. The van der Waals surface area contributed by atoms with Crippen LogP contribution in [0.2, 0.25) is 0 Å². The molecule has 8 rings (SSSR count). The van der Waals surface area contributed by atoms with Gasteiger partial charge in [0, 0.05) is 17.7 Å². The monoisotopic (exact) mass is 942 g/mol. The Hall–Kier alpha value is -4.92. The molecule has 0 aromatic heterocycles. The predicted molar refractivity (Wildman–Crippen MR) is 225 cm³/mol. The maximum Gasteiger partial charge on any atom is 0.229 e. The SMILES string of the molecule is OC[C@H]1O[C@@H](Oc2ccc(CCc3cc(O[C@@H]4O[C@H](CO)[C@@H](O)[C@H](O)[C@H]4O)cc4c3[C@H](c3cc(O)cc(O)c3)[C@@H](c3ccc(O[C@@H]5O[C@H](CO)[C@@H](O)[C@H](O)[C@H]5O)cc3)O4)cc2)[C@H](O)[C@@H](O)[C@@H]1O. The van der Waals surface area contributed by atoms with Gasteiger partial charge < -0.3 is 105 Å². The molecule has 3 saturated heterocycles. The summed E-state index contributed by atoms with van der Waals surface area (Å²) in [6, 6.07) is 20.4. The number of aryl methyl sites for hydroxylation is 2. The van der Waals surface area contributed by atoms with E-state index < -0.39 is 124 Å². The molecule has 0 aliphatic carbocycles. The molecule has 14 N–H and O–H groups in total. The fourth-order valence-corrected chi connectivity index (χ4v) is 8.78. The molecule has 21 nitrogen and oxygen atoms in total. The lowest BCUT2D eigenvalue weighted by atomic mass is 9.81. The van der Waals surface area contributed by atoms with E-state index in [1.165, 1.54) is 24.3 Å². The van der Waals surface area contributed by atoms with Crippen molar-refractivity contribution in [3.63, 3.8) is 0 Å². The molecular formula is C46H54O21. The first-order valence-corrected chi connectivity index (χ1v) is 21.6. The lowest BCUT2D eigenvalue weighted by Gasteiger charge is -2.39. The van der Waals surface area contributed by atoms with Crippen molar-refractivity contribution >= 4 is 0 Å². The van der Waals surface area contributed by atoms with Crippen LogP contribution in [0.5, 0.6) is 34.5 Å². The quantitative estimate of drug-likeness (QED) is 0.0631. The van der Waals surface area contributed by atoms with Gasteiger partial charge in [-0.3, -0.25) is 0 Å². The first-order chi connectivity index (χ1) is 32.1. The van der Waals surface area contributed by atoms with Gasteiger partial charge in [-0.1, -0.05) is 24.3 Å². The molecule has 3 fully saturated rings. The number of hydrogen-bond acceptors (Lipinski definition) is 21. The number of aliphatic hydroxyl groups excluding tert-OH is 12. The van der Waals surface area contributed by atoms with Crippen LogP contribution < -0.4 is 18.9 Å². The summed E-state index contributed by atoms with van der Waals surface area (Å²) < 4.78 is 41.0. The van der Waals surface area contributed by atoms with E-state index in [4.69, 9.17) is 33.2 Å². The highest BCUT2D eigenvalue weighted by Gasteiger charge is 2.48. The third-order valence-electron chi connectivity index (χ3n) is 12.5. The van der Waals surface area contributed by atoms with E-state index in [1.807, 2.05) is 0 Å². The van der Waals surface area contributed by atoms with Crippen LogP contribution in [-0.2, 0) is 27.1 Å². The molecule has 0 radical (unpaired) electrons. The fraction of sp³-hybridized carbons (Fsp3) is 0.478. The van der Waals surface area contributed by atoms with Crippen LogP contribution in [0.3, 0.4) is 0 Å². The van der Waals surface area contributed by atoms with E-state index in [1.54, 1.807) is 54.6 Å². The Morgan fingerprint density at radius 1 is 0.433 bits per heavy atom. The minimum absolute atomic E-state index is 0.0998. The molecule has 4 aliphatic rings. The fourth-order valence-electron chi connectivity index (χ4n) is 8.78. The summed E-state index contributed by atoms with van der Waals surface area (Å²) in [6.45, 7) is -1.97. The number of phenols is 2. The predicted octanol–water partition coefficient (Wildman–Crippen LogP) is -2.32. The zero-order chi connectivity index (χ0) is 47.8. The van der Waals surface area contributed by atoms with Crippen LogP contribution in [0.1, 0.15) is 39.8 Å². The minimum Gasteiger partial charge on any atom is -0.508 e. The molecule has 67 heavy (non-hydrogen) atoms. The first kappa shape index (κ1) is 48.5. The average molecular weight is 943 g/mol. The Morgan fingerprint density at radius 3 is 1.31 bits per heavy atom. The maximum atomic E-state index is 10.9. The number of aromatic hydroxyl groups is 2. The van der Waals surface area contributed by atoms with Crippen molar-refractivity contribution in [3.8, 4) is 34.5 Å². The second kappa shape index (κ2) is 20.4. The molecule has 0 spiro atoms. The number of fused-ring (bicyclic) bond motifs is 1. The molecule has 4 aliphatic heterocycles. The van der Waals surface area contributed by atoms with Gasteiger partial charge in [0.2, 0.25) is 18.9 Å². The van der Waals surface area contributed by atoms with Gasteiger partial charge in [0.25, 0.3) is 0 Å². The van der Waals surface area contributed by atoms with Crippen LogP contribution >= 0.6 is 0 Å². The zero-order valence-corrected chi connectivity index (χ0v) is 35.5. The Labute approximate surface area is 382 Å². The standard InChI is InChI=1S/C46H54O21/c47-16-29-34(52)37(55)40(58)44(65-29)61-25-7-2-19(3-8-25)1-4-21-13-27(63-46-42(60)39(57)36(54)31(18-49)67-46)15-28-32(21)33(22-11-23(50)14-24(51)12-22)43(64-28)20-5-9-26(10-6-20)62-45-41(59)38(56)35(53)30(17-48)66-45/h2-3,5-15,29-31,33-60H,1,4,16-18H2/t29-,30-,31-,33+,34-,35-,36-,37+,38+,39+,40-,41-,42-,43-,44-,45-,46-/m1/s1. The summed E-state index contributed by atoms with van der Waals surface area (Å²) in [7, 11) is 0. The largest absolute Gasteiger partial charge is 0.508 e. The van der Waals surface area contributed by atoms with Gasteiger partial charge in [0.15, 0.2) is 0 Å². The van der Waals surface area contributed by atoms with Gasteiger partial charge in [-0.05, 0) is 77.6 Å². The number of hydrogen-bond donors (Lipinski definition) is 14. The molecule has 0 bridgehead atoms. The highest BCUT2D eigenvalue weighted by atomic mass is 16.7. The van der Waals surface area contributed by atoms with Gasteiger partial charge in [-0.25, -0.2) is 0 Å².